The minimum absolute atomic E-state index is 0.821. The first-order chi connectivity index (χ1) is 11.2. The van der Waals surface area contributed by atoms with Gasteiger partial charge in [-0.3, -0.25) is 0 Å². The smallest absolute Gasteiger partial charge is 0.138 e. The van der Waals surface area contributed by atoms with Crippen LogP contribution in [0, 0.1) is 6.92 Å². The maximum atomic E-state index is 6.04. The van der Waals surface area contributed by atoms with Crippen molar-refractivity contribution in [1.82, 2.24) is 0 Å². The molecule has 0 amide bonds. The first-order valence-electron chi connectivity index (χ1n) is 8.38. The summed E-state index contributed by atoms with van der Waals surface area (Å²) in [4.78, 5) is 0. The second-order valence-electron chi connectivity index (χ2n) is 6.12. The van der Waals surface area contributed by atoms with Crippen LogP contribution in [0.25, 0.3) is 22.3 Å². The summed E-state index contributed by atoms with van der Waals surface area (Å²) in [6.45, 7) is 4.40. The van der Waals surface area contributed by atoms with Gasteiger partial charge in [-0.05, 0) is 49.1 Å². The zero-order chi connectivity index (χ0) is 16.2. The van der Waals surface area contributed by atoms with E-state index in [0.717, 1.165) is 28.9 Å². The van der Waals surface area contributed by atoms with Gasteiger partial charge in [-0.1, -0.05) is 38.0 Å². The molecule has 0 unspecified atom stereocenters. The second-order valence-corrected chi connectivity index (χ2v) is 6.12. The van der Waals surface area contributed by atoms with Crippen LogP contribution in [0.5, 0.6) is 5.75 Å². The molecule has 0 spiro atoms. The van der Waals surface area contributed by atoms with Gasteiger partial charge in [0.2, 0.25) is 0 Å². The van der Waals surface area contributed by atoms with Crippen molar-refractivity contribution >= 4 is 11.0 Å². The Bertz CT molecular complexity index is 799. The third-order valence-electron chi connectivity index (χ3n) is 4.35. The van der Waals surface area contributed by atoms with Gasteiger partial charge in [0, 0.05) is 17.0 Å². The van der Waals surface area contributed by atoms with Crippen LogP contribution in [-0.4, -0.2) is 7.11 Å². The average molecular weight is 308 g/mol. The van der Waals surface area contributed by atoms with E-state index < -0.39 is 0 Å². The molecule has 0 N–H and O–H groups in total. The molecule has 0 aliphatic carbocycles. The molecule has 0 fully saturated rings. The molecule has 2 nitrogen and oxygen atoms in total. The molecule has 23 heavy (non-hydrogen) atoms. The summed E-state index contributed by atoms with van der Waals surface area (Å²) in [5.41, 5.74) is 4.72. The van der Waals surface area contributed by atoms with Crippen molar-refractivity contribution < 1.29 is 9.15 Å². The largest absolute Gasteiger partial charge is 0.497 e. The number of benzene rings is 2. The van der Waals surface area contributed by atoms with E-state index in [1.807, 2.05) is 18.2 Å². The molecule has 0 bridgehead atoms. The highest BCUT2D eigenvalue weighted by atomic mass is 16.5. The maximum Gasteiger partial charge on any atom is 0.138 e. The fraction of sp³-hybridized carbons (Fsp3) is 0.333. The average Bonchev–Trinajstić information content (AvgIpc) is 2.97. The van der Waals surface area contributed by atoms with Gasteiger partial charge in [0.05, 0.1) is 7.11 Å². The number of rotatable bonds is 6. The van der Waals surface area contributed by atoms with Gasteiger partial charge in [0.15, 0.2) is 0 Å². The van der Waals surface area contributed by atoms with Crippen molar-refractivity contribution in [3.63, 3.8) is 0 Å². The van der Waals surface area contributed by atoms with Gasteiger partial charge in [-0.25, -0.2) is 0 Å². The summed E-state index contributed by atoms with van der Waals surface area (Å²) in [5.74, 6) is 1.74. The Morgan fingerprint density at radius 1 is 1.00 bits per heavy atom. The van der Waals surface area contributed by atoms with Crippen molar-refractivity contribution in [1.29, 1.82) is 0 Å². The van der Waals surface area contributed by atoms with Gasteiger partial charge < -0.3 is 9.15 Å². The Hall–Kier alpha value is -2.22. The molecule has 0 aliphatic heterocycles. The molecule has 3 aromatic rings. The Balaban J connectivity index is 1.89. The normalized spacial score (nSPS) is 11.1. The lowest BCUT2D eigenvalue weighted by Crippen LogP contribution is -1.89. The number of hydrogen-bond acceptors (Lipinski definition) is 2. The van der Waals surface area contributed by atoms with Crippen molar-refractivity contribution in [2.75, 3.05) is 7.11 Å². The first-order valence-corrected chi connectivity index (χ1v) is 8.38. The lowest BCUT2D eigenvalue weighted by Gasteiger charge is -2.06. The number of methoxy groups -OCH3 is 1. The predicted octanol–water partition coefficient (Wildman–Crippen LogP) is 6.15. The fourth-order valence-corrected chi connectivity index (χ4v) is 3.01. The highest BCUT2D eigenvalue weighted by Crippen LogP contribution is 2.32. The molecule has 1 heterocycles. The molecule has 2 heteroatoms. The van der Waals surface area contributed by atoms with Crippen molar-refractivity contribution in [2.24, 2.45) is 0 Å². The topological polar surface area (TPSA) is 22.4 Å². The van der Waals surface area contributed by atoms with Crippen molar-refractivity contribution in [3.8, 4) is 17.1 Å². The van der Waals surface area contributed by atoms with E-state index in [0.29, 0.717) is 0 Å². The Labute approximate surface area is 138 Å². The minimum atomic E-state index is 0.821. The van der Waals surface area contributed by atoms with Crippen LogP contribution in [0.2, 0.25) is 0 Å². The zero-order valence-electron chi connectivity index (χ0n) is 14.2. The minimum Gasteiger partial charge on any atom is -0.497 e. The number of furan rings is 1. The summed E-state index contributed by atoms with van der Waals surface area (Å²) in [6, 6.07) is 14.7. The van der Waals surface area contributed by atoms with Crippen LogP contribution >= 0.6 is 0 Å². The molecule has 0 radical (unpaired) electrons. The number of fused-ring (bicyclic) bond motifs is 1. The molecular formula is C21H24O2. The van der Waals surface area contributed by atoms with Crippen LogP contribution in [0.3, 0.4) is 0 Å². The third-order valence-corrected chi connectivity index (χ3v) is 4.35. The molecule has 0 saturated carbocycles. The van der Waals surface area contributed by atoms with Crippen LogP contribution in [0.1, 0.15) is 37.3 Å². The maximum absolute atomic E-state index is 6.04. The van der Waals surface area contributed by atoms with E-state index >= 15 is 0 Å². The van der Waals surface area contributed by atoms with E-state index in [1.54, 1.807) is 7.11 Å². The van der Waals surface area contributed by atoms with Crippen molar-refractivity contribution in [2.45, 2.75) is 39.5 Å². The Morgan fingerprint density at radius 3 is 2.61 bits per heavy atom. The zero-order valence-corrected chi connectivity index (χ0v) is 14.2. The molecule has 120 valence electrons. The standard InChI is InChI=1S/C21H24O2/c1-4-5-6-7-16-8-11-19(15(2)12-16)21-13-17-9-10-18(22-3)14-20(17)23-21/h8-14H,4-7H2,1-3H3. The number of unbranched alkanes of at least 4 members (excludes halogenated alkanes) is 2. The SMILES string of the molecule is CCCCCc1ccc(-c2cc3ccc(OC)cc3o2)c(C)c1. The van der Waals surface area contributed by atoms with E-state index in [9.17, 15) is 0 Å². The molecule has 3 rings (SSSR count). The van der Waals surface area contributed by atoms with Crippen LogP contribution < -0.4 is 4.74 Å². The van der Waals surface area contributed by atoms with E-state index in [1.165, 1.54) is 36.0 Å². The summed E-state index contributed by atoms with van der Waals surface area (Å²) < 4.78 is 11.3. The van der Waals surface area contributed by atoms with E-state index in [-0.39, 0.29) is 0 Å². The second kappa shape index (κ2) is 6.91. The summed E-state index contributed by atoms with van der Waals surface area (Å²) in [5, 5.41) is 1.10. The van der Waals surface area contributed by atoms with Crippen molar-refractivity contribution in [3.05, 3.63) is 53.6 Å². The highest BCUT2D eigenvalue weighted by molar-refractivity contribution is 5.84. The van der Waals surface area contributed by atoms with Gasteiger partial charge in [-0.15, -0.1) is 0 Å². The molecule has 0 atom stereocenters. The predicted molar refractivity (Wildman–Crippen MR) is 96.2 cm³/mol. The highest BCUT2D eigenvalue weighted by Gasteiger charge is 2.10. The Kier molecular flexibility index (Phi) is 4.71. The van der Waals surface area contributed by atoms with Gasteiger partial charge in [-0.2, -0.15) is 0 Å². The summed E-state index contributed by atoms with van der Waals surface area (Å²) in [6.07, 6.45) is 4.98. The van der Waals surface area contributed by atoms with E-state index in [4.69, 9.17) is 9.15 Å². The molecular weight excluding hydrogens is 284 g/mol. The number of aryl methyl sites for hydroxylation is 2. The molecule has 0 saturated heterocycles. The van der Waals surface area contributed by atoms with Gasteiger partial charge in [0.25, 0.3) is 0 Å². The third kappa shape index (κ3) is 3.42. The molecule has 1 aromatic heterocycles. The monoisotopic (exact) mass is 308 g/mol. The van der Waals surface area contributed by atoms with Crippen LogP contribution in [0.4, 0.5) is 0 Å². The molecule has 2 aromatic carbocycles. The lowest BCUT2D eigenvalue weighted by molar-refractivity contribution is 0.414. The fourth-order valence-electron chi connectivity index (χ4n) is 3.01. The number of ether oxygens (including phenoxy) is 1. The lowest BCUT2D eigenvalue weighted by atomic mass is 10.00. The van der Waals surface area contributed by atoms with Crippen LogP contribution in [0.15, 0.2) is 46.9 Å². The van der Waals surface area contributed by atoms with E-state index in [2.05, 4.69) is 38.1 Å². The van der Waals surface area contributed by atoms with Gasteiger partial charge in [0.1, 0.15) is 17.1 Å². The summed E-state index contributed by atoms with van der Waals surface area (Å²) >= 11 is 0. The van der Waals surface area contributed by atoms with Crippen LogP contribution in [-0.2, 0) is 6.42 Å². The Morgan fingerprint density at radius 2 is 1.87 bits per heavy atom. The van der Waals surface area contributed by atoms with Gasteiger partial charge >= 0.3 is 0 Å². The summed E-state index contributed by atoms with van der Waals surface area (Å²) in [7, 11) is 1.67. The first kappa shape index (κ1) is 15.7. The quantitative estimate of drug-likeness (QED) is 0.510. The molecule has 0 aliphatic rings. The number of hydrogen-bond donors (Lipinski definition) is 0.